The summed E-state index contributed by atoms with van der Waals surface area (Å²) in [5.74, 6) is -0.361. The summed E-state index contributed by atoms with van der Waals surface area (Å²) < 4.78 is 5.79. The first-order valence-electron chi connectivity index (χ1n) is 7.67. The Morgan fingerprint density at radius 2 is 2.17 bits per heavy atom. The quantitative estimate of drug-likeness (QED) is 0.874. The van der Waals surface area contributed by atoms with Crippen molar-refractivity contribution in [2.24, 2.45) is 0 Å². The lowest BCUT2D eigenvalue weighted by Gasteiger charge is -2.38. The van der Waals surface area contributed by atoms with Crippen LogP contribution in [0.25, 0.3) is 0 Å². The molecule has 1 atom stereocenters. The molecular formula is C18H19N3O3. The standard InChI is InChI=1S/C18H19N3O3/c1-12-6-7-15-14(9-12)21(3)17(23)18(2,24-15)16(22)20-11-13-5-4-8-19-10-13/h4-10H,11H2,1-3H3,(H,20,22). The van der Waals surface area contributed by atoms with Crippen LogP contribution in [-0.2, 0) is 16.1 Å². The van der Waals surface area contributed by atoms with Gasteiger partial charge in [-0.1, -0.05) is 12.1 Å². The van der Waals surface area contributed by atoms with E-state index in [9.17, 15) is 9.59 Å². The van der Waals surface area contributed by atoms with Gasteiger partial charge in [0.2, 0.25) is 0 Å². The first kappa shape index (κ1) is 16.0. The number of amides is 2. The number of anilines is 1. The van der Waals surface area contributed by atoms with E-state index in [1.54, 1.807) is 31.6 Å². The van der Waals surface area contributed by atoms with Crippen LogP contribution in [0.1, 0.15) is 18.1 Å². The molecule has 1 aromatic carbocycles. The van der Waals surface area contributed by atoms with Gasteiger partial charge in [0.1, 0.15) is 5.75 Å². The van der Waals surface area contributed by atoms with Gasteiger partial charge in [0.05, 0.1) is 5.69 Å². The Balaban J connectivity index is 1.82. The second kappa shape index (κ2) is 5.96. The number of fused-ring (bicyclic) bond motifs is 1. The Kier molecular flexibility index (Phi) is 3.97. The monoisotopic (exact) mass is 325 g/mol. The average Bonchev–Trinajstić information content (AvgIpc) is 2.59. The number of likely N-dealkylation sites (N-methyl/N-ethyl adjacent to an activating group) is 1. The largest absolute Gasteiger partial charge is 0.466 e. The molecule has 0 spiro atoms. The van der Waals surface area contributed by atoms with Crippen LogP contribution in [0.3, 0.4) is 0 Å². The van der Waals surface area contributed by atoms with E-state index in [1.165, 1.54) is 11.8 Å². The second-order valence-electron chi connectivity index (χ2n) is 6.01. The van der Waals surface area contributed by atoms with Crippen LogP contribution in [0.5, 0.6) is 5.75 Å². The highest BCUT2D eigenvalue weighted by Gasteiger charge is 2.49. The smallest absolute Gasteiger partial charge is 0.280 e. The molecular weight excluding hydrogens is 306 g/mol. The van der Waals surface area contributed by atoms with Crippen LogP contribution in [0.15, 0.2) is 42.7 Å². The van der Waals surface area contributed by atoms with Crippen molar-refractivity contribution >= 4 is 17.5 Å². The molecule has 1 aromatic heterocycles. The summed E-state index contributed by atoms with van der Waals surface area (Å²) in [6.07, 6.45) is 3.32. The highest BCUT2D eigenvalue weighted by molar-refractivity contribution is 6.16. The fourth-order valence-corrected chi connectivity index (χ4v) is 2.67. The predicted molar refractivity (Wildman–Crippen MR) is 89.7 cm³/mol. The first-order chi connectivity index (χ1) is 11.4. The molecule has 0 radical (unpaired) electrons. The van der Waals surface area contributed by atoms with Gasteiger partial charge in [-0.3, -0.25) is 14.6 Å². The van der Waals surface area contributed by atoms with Crippen LogP contribution in [0, 0.1) is 6.92 Å². The van der Waals surface area contributed by atoms with E-state index >= 15 is 0 Å². The van der Waals surface area contributed by atoms with Crippen LogP contribution in [0.4, 0.5) is 5.69 Å². The van der Waals surface area contributed by atoms with Gasteiger partial charge in [-0.15, -0.1) is 0 Å². The van der Waals surface area contributed by atoms with Crippen molar-refractivity contribution < 1.29 is 14.3 Å². The van der Waals surface area contributed by atoms with E-state index in [-0.39, 0.29) is 6.54 Å². The van der Waals surface area contributed by atoms with Gasteiger partial charge in [-0.2, -0.15) is 0 Å². The van der Waals surface area contributed by atoms with Crippen molar-refractivity contribution in [2.45, 2.75) is 26.0 Å². The van der Waals surface area contributed by atoms with Gasteiger partial charge in [0.15, 0.2) is 0 Å². The third kappa shape index (κ3) is 2.71. The number of benzene rings is 1. The lowest BCUT2D eigenvalue weighted by Crippen LogP contribution is -2.61. The van der Waals surface area contributed by atoms with E-state index < -0.39 is 17.4 Å². The zero-order valence-electron chi connectivity index (χ0n) is 13.9. The normalized spacial score (nSPS) is 19.5. The van der Waals surface area contributed by atoms with Gasteiger partial charge < -0.3 is 15.0 Å². The molecule has 6 heteroatoms. The molecule has 24 heavy (non-hydrogen) atoms. The van der Waals surface area contributed by atoms with Crippen molar-refractivity contribution in [3.05, 3.63) is 53.9 Å². The predicted octanol–water partition coefficient (Wildman–Crippen LogP) is 1.82. The summed E-state index contributed by atoms with van der Waals surface area (Å²) in [7, 11) is 1.65. The number of ether oxygens (including phenoxy) is 1. The van der Waals surface area contributed by atoms with Crippen molar-refractivity contribution in [2.75, 3.05) is 11.9 Å². The maximum Gasteiger partial charge on any atom is 0.280 e. The van der Waals surface area contributed by atoms with Crippen LogP contribution in [-0.4, -0.2) is 29.4 Å². The first-order valence-corrected chi connectivity index (χ1v) is 7.67. The molecule has 0 aliphatic carbocycles. The van der Waals surface area contributed by atoms with Gasteiger partial charge >= 0.3 is 0 Å². The zero-order chi connectivity index (χ0) is 17.3. The summed E-state index contributed by atoms with van der Waals surface area (Å²) in [5, 5.41) is 2.75. The molecule has 0 fully saturated rings. The molecule has 2 aromatic rings. The zero-order valence-corrected chi connectivity index (χ0v) is 13.9. The van der Waals surface area contributed by atoms with Crippen molar-refractivity contribution in [1.29, 1.82) is 0 Å². The molecule has 3 rings (SSSR count). The summed E-state index contributed by atoms with van der Waals surface area (Å²) in [4.78, 5) is 30.8. The number of rotatable bonds is 3. The van der Waals surface area contributed by atoms with E-state index in [0.717, 1.165) is 11.1 Å². The number of hydrogen-bond donors (Lipinski definition) is 1. The van der Waals surface area contributed by atoms with Crippen molar-refractivity contribution in [1.82, 2.24) is 10.3 Å². The molecule has 1 aliphatic rings. The van der Waals surface area contributed by atoms with Crippen molar-refractivity contribution in [3.63, 3.8) is 0 Å². The highest BCUT2D eigenvalue weighted by atomic mass is 16.5. The van der Waals surface area contributed by atoms with E-state index in [2.05, 4.69) is 10.3 Å². The molecule has 124 valence electrons. The van der Waals surface area contributed by atoms with E-state index in [0.29, 0.717) is 11.4 Å². The molecule has 2 amide bonds. The van der Waals surface area contributed by atoms with E-state index in [1.807, 2.05) is 25.1 Å². The number of hydrogen-bond acceptors (Lipinski definition) is 4. The molecule has 0 bridgehead atoms. The molecule has 6 nitrogen and oxygen atoms in total. The van der Waals surface area contributed by atoms with E-state index in [4.69, 9.17) is 4.74 Å². The average molecular weight is 325 g/mol. The minimum absolute atomic E-state index is 0.281. The maximum absolute atomic E-state index is 12.7. The summed E-state index contributed by atoms with van der Waals surface area (Å²) in [6.45, 7) is 3.71. The lowest BCUT2D eigenvalue weighted by molar-refractivity contribution is -0.148. The fraction of sp³-hybridized carbons (Fsp3) is 0.278. The number of nitrogens with zero attached hydrogens (tertiary/aromatic N) is 2. The van der Waals surface area contributed by atoms with Crippen LogP contribution in [0.2, 0.25) is 0 Å². The summed E-state index contributed by atoms with van der Waals surface area (Å²) >= 11 is 0. The Labute approximate surface area is 140 Å². The van der Waals surface area contributed by atoms with Crippen LogP contribution >= 0.6 is 0 Å². The Morgan fingerprint density at radius 3 is 2.88 bits per heavy atom. The maximum atomic E-state index is 12.7. The Bertz CT molecular complexity index is 791. The molecule has 1 aliphatic heterocycles. The number of pyridine rings is 1. The second-order valence-corrected chi connectivity index (χ2v) is 6.01. The third-order valence-electron chi connectivity index (χ3n) is 4.11. The van der Waals surface area contributed by atoms with Gasteiger partial charge in [-0.05, 0) is 43.2 Å². The fourth-order valence-electron chi connectivity index (χ4n) is 2.67. The lowest BCUT2D eigenvalue weighted by atomic mass is 9.99. The molecule has 1 unspecified atom stereocenters. The Morgan fingerprint density at radius 1 is 1.38 bits per heavy atom. The SMILES string of the molecule is Cc1ccc2c(c1)N(C)C(=O)C(C)(C(=O)NCc1cccnc1)O2. The van der Waals surface area contributed by atoms with Crippen molar-refractivity contribution in [3.8, 4) is 5.75 Å². The molecule has 0 saturated heterocycles. The van der Waals surface area contributed by atoms with Gasteiger partial charge in [0.25, 0.3) is 17.4 Å². The number of aryl methyl sites for hydroxylation is 1. The highest BCUT2D eigenvalue weighted by Crippen LogP contribution is 2.37. The Hall–Kier alpha value is -2.89. The number of nitrogens with one attached hydrogen (secondary N) is 1. The summed E-state index contributed by atoms with van der Waals surface area (Å²) in [6, 6.07) is 9.16. The minimum atomic E-state index is -1.60. The number of carbonyl (C=O) groups excluding carboxylic acids is 2. The minimum Gasteiger partial charge on any atom is -0.466 e. The summed E-state index contributed by atoms with van der Waals surface area (Å²) in [5.41, 5.74) is 0.931. The molecule has 2 heterocycles. The van der Waals surface area contributed by atoms with Crippen LogP contribution < -0.4 is 15.0 Å². The number of carbonyl (C=O) groups is 2. The molecule has 1 N–H and O–H groups in total. The topological polar surface area (TPSA) is 71.5 Å². The third-order valence-corrected chi connectivity index (χ3v) is 4.11. The number of aromatic nitrogens is 1. The van der Waals surface area contributed by atoms with Gasteiger partial charge in [0, 0.05) is 26.0 Å². The molecule has 0 saturated carbocycles. The van der Waals surface area contributed by atoms with Gasteiger partial charge in [-0.25, -0.2) is 0 Å².